The first kappa shape index (κ1) is 17.2. The maximum Gasteiger partial charge on any atom is 0.183 e. The molecule has 1 N–H and O–H groups in total. The van der Waals surface area contributed by atoms with Gasteiger partial charge in [0, 0.05) is 22.5 Å². The van der Waals surface area contributed by atoms with E-state index in [0.29, 0.717) is 5.56 Å². The zero-order valence-corrected chi connectivity index (χ0v) is 14.1. The van der Waals surface area contributed by atoms with E-state index in [-0.39, 0.29) is 23.6 Å². The van der Waals surface area contributed by atoms with Gasteiger partial charge in [-0.15, -0.1) is 0 Å². The Balaban J connectivity index is 2.23. The molecule has 23 heavy (non-hydrogen) atoms. The third kappa shape index (κ3) is 3.44. The molecule has 0 bridgehead atoms. The Hall–Kier alpha value is -2.17. The monoisotopic (exact) mass is 320 g/mol. The highest BCUT2D eigenvalue weighted by Gasteiger charge is 2.22. The molecule has 0 spiro atoms. The van der Waals surface area contributed by atoms with E-state index in [0.717, 1.165) is 23.5 Å². The maximum absolute atomic E-state index is 13.6. The second kappa shape index (κ2) is 6.14. The van der Waals surface area contributed by atoms with Crippen molar-refractivity contribution in [3.05, 3.63) is 52.9 Å². The largest absolute Gasteiger partial charge is 0.373 e. The van der Waals surface area contributed by atoms with Gasteiger partial charge >= 0.3 is 0 Å². The van der Waals surface area contributed by atoms with Gasteiger partial charge in [0.05, 0.1) is 6.54 Å². The molecule has 0 amide bonds. The van der Waals surface area contributed by atoms with E-state index < -0.39 is 11.6 Å². The third-order valence-corrected chi connectivity index (χ3v) is 3.79. The van der Waals surface area contributed by atoms with Crippen molar-refractivity contribution in [1.29, 1.82) is 0 Å². The molecule has 1 heterocycles. The quantitative estimate of drug-likeness (QED) is 0.846. The van der Waals surface area contributed by atoms with Crippen LogP contribution in [-0.2, 0) is 5.54 Å². The Labute approximate surface area is 135 Å². The van der Waals surface area contributed by atoms with Crippen LogP contribution in [-0.4, -0.2) is 16.9 Å². The molecule has 0 unspecified atom stereocenters. The van der Waals surface area contributed by atoms with E-state index >= 15 is 0 Å². The van der Waals surface area contributed by atoms with Gasteiger partial charge in [-0.05, 0) is 52.8 Å². The lowest BCUT2D eigenvalue weighted by atomic mass is 10.1. The number of aryl methyl sites for hydroxylation is 1. The standard InChI is InChI=1S/C18H22F2N2O/c1-11-9-13(12(2)22(11)18(3,4)5)16(23)10-21-17-14(19)7-6-8-15(17)20/h6-9,21H,10H2,1-5H3. The number of para-hydroxylation sites is 1. The van der Waals surface area contributed by atoms with Gasteiger partial charge in [-0.1, -0.05) is 6.07 Å². The Morgan fingerprint density at radius 2 is 1.74 bits per heavy atom. The molecule has 124 valence electrons. The third-order valence-electron chi connectivity index (χ3n) is 3.79. The van der Waals surface area contributed by atoms with Crippen LogP contribution >= 0.6 is 0 Å². The van der Waals surface area contributed by atoms with Crippen LogP contribution in [0.2, 0.25) is 0 Å². The minimum Gasteiger partial charge on any atom is -0.373 e. The van der Waals surface area contributed by atoms with Crippen molar-refractivity contribution < 1.29 is 13.6 Å². The van der Waals surface area contributed by atoms with E-state index in [9.17, 15) is 13.6 Å². The summed E-state index contributed by atoms with van der Waals surface area (Å²) in [5.74, 6) is -1.62. The number of nitrogens with one attached hydrogen (secondary N) is 1. The Morgan fingerprint density at radius 1 is 1.17 bits per heavy atom. The summed E-state index contributed by atoms with van der Waals surface area (Å²) < 4.78 is 29.3. The summed E-state index contributed by atoms with van der Waals surface area (Å²) in [5, 5.41) is 2.57. The fourth-order valence-corrected chi connectivity index (χ4v) is 3.01. The first-order valence-electron chi connectivity index (χ1n) is 7.53. The first-order chi connectivity index (χ1) is 10.6. The van der Waals surface area contributed by atoms with Crippen molar-refractivity contribution in [3.8, 4) is 0 Å². The topological polar surface area (TPSA) is 34.0 Å². The molecule has 0 radical (unpaired) electrons. The lowest BCUT2D eigenvalue weighted by Crippen LogP contribution is -2.25. The molecule has 1 aromatic heterocycles. The summed E-state index contributed by atoms with van der Waals surface area (Å²) >= 11 is 0. The minimum atomic E-state index is -0.710. The lowest BCUT2D eigenvalue weighted by molar-refractivity contribution is 0.100. The number of carbonyl (C=O) groups is 1. The summed E-state index contributed by atoms with van der Waals surface area (Å²) in [5.41, 5.74) is 2.00. The number of aromatic nitrogens is 1. The summed E-state index contributed by atoms with van der Waals surface area (Å²) in [7, 11) is 0. The molecule has 3 nitrogen and oxygen atoms in total. The van der Waals surface area contributed by atoms with Crippen molar-refractivity contribution in [3.63, 3.8) is 0 Å². The fourth-order valence-electron chi connectivity index (χ4n) is 3.01. The Kier molecular flexibility index (Phi) is 4.59. The van der Waals surface area contributed by atoms with Gasteiger partial charge in [0.25, 0.3) is 0 Å². The van der Waals surface area contributed by atoms with Crippen LogP contribution in [0.3, 0.4) is 0 Å². The molecule has 0 fully saturated rings. The van der Waals surface area contributed by atoms with Crippen molar-refractivity contribution in [2.24, 2.45) is 0 Å². The number of carbonyl (C=O) groups excluding carboxylic acids is 1. The van der Waals surface area contributed by atoms with E-state index in [1.807, 2.05) is 19.9 Å². The van der Waals surface area contributed by atoms with Crippen molar-refractivity contribution in [2.75, 3.05) is 11.9 Å². The van der Waals surface area contributed by atoms with Crippen LogP contribution in [0, 0.1) is 25.5 Å². The zero-order chi connectivity index (χ0) is 17.4. The second-order valence-corrected chi connectivity index (χ2v) is 6.66. The highest BCUT2D eigenvalue weighted by molar-refractivity contribution is 6.00. The average Bonchev–Trinajstić information content (AvgIpc) is 2.72. The van der Waals surface area contributed by atoms with Gasteiger partial charge in [0.1, 0.15) is 17.3 Å². The molecular weight excluding hydrogens is 298 g/mol. The van der Waals surface area contributed by atoms with Gasteiger partial charge in [-0.3, -0.25) is 4.79 Å². The van der Waals surface area contributed by atoms with E-state index in [2.05, 4.69) is 30.7 Å². The number of benzene rings is 1. The predicted octanol–water partition coefficient (Wildman–Crippen LogP) is 4.43. The summed E-state index contributed by atoms with van der Waals surface area (Å²) in [4.78, 5) is 12.4. The SMILES string of the molecule is Cc1cc(C(=O)CNc2c(F)cccc2F)c(C)n1C(C)(C)C. The Bertz CT molecular complexity index is 722. The molecule has 5 heteroatoms. The summed E-state index contributed by atoms with van der Waals surface area (Å²) in [6, 6.07) is 5.42. The smallest absolute Gasteiger partial charge is 0.183 e. The van der Waals surface area contributed by atoms with Gasteiger partial charge in [0.2, 0.25) is 0 Å². The number of ketones is 1. The van der Waals surface area contributed by atoms with Crippen molar-refractivity contribution in [1.82, 2.24) is 4.57 Å². The van der Waals surface area contributed by atoms with Crippen LogP contribution in [0.4, 0.5) is 14.5 Å². The Morgan fingerprint density at radius 3 is 2.22 bits per heavy atom. The first-order valence-corrected chi connectivity index (χ1v) is 7.53. The van der Waals surface area contributed by atoms with E-state index in [1.165, 1.54) is 6.07 Å². The van der Waals surface area contributed by atoms with Gasteiger partial charge < -0.3 is 9.88 Å². The normalized spacial score (nSPS) is 11.6. The number of Topliss-reactive ketones (excluding diaryl/α,β-unsaturated/α-hetero) is 1. The lowest BCUT2D eigenvalue weighted by Gasteiger charge is -2.25. The van der Waals surface area contributed by atoms with Gasteiger partial charge in [0.15, 0.2) is 5.78 Å². The summed E-state index contributed by atoms with van der Waals surface area (Å²) in [6.45, 7) is 9.86. The predicted molar refractivity (Wildman–Crippen MR) is 88.1 cm³/mol. The van der Waals surface area contributed by atoms with Crippen LogP contribution in [0.15, 0.2) is 24.3 Å². The molecule has 0 aliphatic carbocycles. The molecular formula is C18H22F2N2O. The highest BCUT2D eigenvalue weighted by atomic mass is 19.1. The van der Waals surface area contributed by atoms with Crippen LogP contribution in [0.5, 0.6) is 0 Å². The van der Waals surface area contributed by atoms with Crippen LogP contribution in [0.25, 0.3) is 0 Å². The van der Waals surface area contributed by atoms with Crippen molar-refractivity contribution >= 4 is 11.5 Å². The maximum atomic E-state index is 13.6. The molecule has 0 aliphatic heterocycles. The molecule has 0 saturated heterocycles. The average molecular weight is 320 g/mol. The second-order valence-electron chi connectivity index (χ2n) is 6.66. The van der Waals surface area contributed by atoms with Crippen LogP contribution < -0.4 is 5.32 Å². The molecule has 2 aromatic rings. The molecule has 0 atom stereocenters. The minimum absolute atomic E-state index is 0.141. The van der Waals surface area contributed by atoms with Crippen LogP contribution in [0.1, 0.15) is 42.5 Å². The number of rotatable bonds is 4. The molecule has 0 aliphatic rings. The van der Waals surface area contributed by atoms with Gasteiger partial charge in [-0.25, -0.2) is 8.78 Å². The van der Waals surface area contributed by atoms with Gasteiger partial charge in [-0.2, -0.15) is 0 Å². The molecule has 1 aromatic carbocycles. The highest BCUT2D eigenvalue weighted by Crippen LogP contribution is 2.25. The number of nitrogens with zero attached hydrogens (tertiary/aromatic N) is 1. The number of anilines is 1. The summed E-state index contributed by atoms with van der Waals surface area (Å²) in [6.07, 6.45) is 0. The fraction of sp³-hybridized carbons (Fsp3) is 0.389. The number of hydrogen-bond donors (Lipinski definition) is 1. The number of halogens is 2. The van der Waals surface area contributed by atoms with E-state index in [1.54, 1.807) is 0 Å². The number of hydrogen-bond acceptors (Lipinski definition) is 2. The van der Waals surface area contributed by atoms with E-state index in [4.69, 9.17) is 0 Å². The molecule has 0 saturated carbocycles. The zero-order valence-electron chi connectivity index (χ0n) is 14.1. The molecule has 2 rings (SSSR count). The van der Waals surface area contributed by atoms with Crippen molar-refractivity contribution in [2.45, 2.75) is 40.2 Å².